The van der Waals surface area contributed by atoms with Crippen LogP contribution in [0.3, 0.4) is 0 Å². The van der Waals surface area contributed by atoms with E-state index in [1.807, 2.05) is 6.20 Å². The average molecular weight is 316 g/mol. The van der Waals surface area contributed by atoms with Crippen LogP contribution in [0.25, 0.3) is 0 Å². The predicted octanol–water partition coefficient (Wildman–Crippen LogP) is 2.18. The molecule has 0 bridgehead atoms. The van der Waals surface area contributed by atoms with E-state index < -0.39 is 0 Å². The Morgan fingerprint density at radius 1 is 1.17 bits per heavy atom. The number of nitrogens with one attached hydrogen (secondary N) is 2. The molecule has 1 aromatic rings. The number of nitrogens with zero attached hydrogens (tertiary/aromatic N) is 2. The minimum Gasteiger partial charge on any atom is -0.352 e. The van der Waals surface area contributed by atoms with Gasteiger partial charge in [-0.1, -0.05) is 19.3 Å². The van der Waals surface area contributed by atoms with Gasteiger partial charge in [-0.2, -0.15) is 5.10 Å². The first kappa shape index (κ1) is 15.2. The summed E-state index contributed by atoms with van der Waals surface area (Å²) in [5.41, 5.74) is 2.53. The zero-order chi connectivity index (χ0) is 15.6. The lowest BCUT2D eigenvalue weighted by molar-refractivity contribution is -0.129. The Labute approximate surface area is 138 Å². The highest BCUT2D eigenvalue weighted by atomic mass is 16.2. The van der Waals surface area contributed by atoms with Crippen LogP contribution in [-0.4, -0.2) is 45.7 Å². The SMILES string of the molecule is O=C(NC1CCc2[nH]ncc2C1)C1CCCCN1C1CCCC1. The zero-order valence-electron chi connectivity index (χ0n) is 13.9. The number of piperidine rings is 1. The number of hydrogen-bond donors (Lipinski definition) is 2. The number of hydrogen-bond acceptors (Lipinski definition) is 3. The fourth-order valence-electron chi connectivity index (χ4n) is 4.75. The van der Waals surface area contributed by atoms with Crippen molar-refractivity contribution in [3.05, 3.63) is 17.5 Å². The van der Waals surface area contributed by atoms with Crippen LogP contribution in [-0.2, 0) is 17.6 Å². The molecule has 5 heteroatoms. The molecule has 23 heavy (non-hydrogen) atoms. The Balaban J connectivity index is 1.39. The molecule has 0 radical (unpaired) electrons. The number of H-pyrrole nitrogens is 1. The van der Waals surface area contributed by atoms with Crippen molar-refractivity contribution in [2.75, 3.05) is 6.54 Å². The van der Waals surface area contributed by atoms with E-state index in [2.05, 4.69) is 20.4 Å². The highest BCUT2D eigenvalue weighted by Crippen LogP contribution is 2.29. The molecular weight excluding hydrogens is 288 g/mol. The van der Waals surface area contributed by atoms with Crippen LogP contribution < -0.4 is 5.32 Å². The minimum atomic E-state index is 0.109. The Kier molecular flexibility index (Phi) is 4.38. The van der Waals surface area contributed by atoms with Crippen molar-refractivity contribution in [1.29, 1.82) is 0 Å². The number of aryl methyl sites for hydroxylation is 1. The Bertz CT molecular complexity index is 549. The topological polar surface area (TPSA) is 61.0 Å². The molecule has 4 rings (SSSR count). The van der Waals surface area contributed by atoms with E-state index in [0.717, 1.165) is 32.2 Å². The van der Waals surface area contributed by atoms with Crippen LogP contribution in [0.1, 0.15) is 62.6 Å². The zero-order valence-corrected chi connectivity index (χ0v) is 13.9. The third-order valence-electron chi connectivity index (χ3n) is 6.00. The number of carbonyl (C=O) groups excluding carboxylic acids is 1. The second kappa shape index (κ2) is 6.63. The molecule has 3 aliphatic rings. The molecule has 1 saturated carbocycles. The molecule has 1 aliphatic heterocycles. The van der Waals surface area contributed by atoms with Crippen molar-refractivity contribution < 1.29 is 4.79 Å². The molecule has 2 heterocycles. The van der Waals surface area contributed by atoms with Gasteiger partial charge in [-0.3, -0.25) is 14.8 Å². The van der Waals surface area contributed by atoms with Crippen molar-refractivity contribution in [3.63, 3.8) is 0 Å². The number of likely N-dealkylation sites (tertiary alicyclic amines) is 1. The molecule has 0 aromatic carbocycles. The summed E-state index contributed by atoms with van der Waals surface area (Å²) in [6.07, 6.45) is 13.6. The third kappa shape index (κ3) is 3.16. The second-order valence-corrected chi connectivity index (χ2v) is 7.51. The van der Waals surface area contributed by atoms with Gasteiger partial charge in [0.1, 0.15) is 0 Å². The number of amides is 1. The van der Waals surface area contributed by atoms with E-state index in [9.17, 15) is 4.79 Å². The number of rotatable bonds is 3. The predicted molar refractivity (Wildman–Crippen MR) is 89.1 cm³/mol. The summed E-state index contributed by atoms with van der Waals surface area (Å²) < 4.78 is 0. The standard InChI is InChI=1S/C18H28N4O/c23-18(20-14-8-9-16-13(11-14)12-19-21-16)17-7-3-4-10-22(17)15-5-1-2-6-15/h12,14-15,17H,1-11H2,(H,19,21)(H,20,23). The lowest BCUT2D eigenvalue weighted by Gasteiger charge is -2.39. The van der Waals surface area contributed by atoms with Gasteiger partial charge in [-0.15, -0.1) is 0 Å². The van der Waals surface area contributed by atoms with Gasteiger partial charge in [-0.05, 0) is 57.1 Å². The van der Waals surface area contributed by atoms with Crippen molar-refractivity contribution in [1.82, 2.24) is 20.4 Å². The molecule has 1 saturated heterocycles. The molecule has 2 unspecified atom stereocenters. The molecule has 2 atom stereocenters. The minimum absolute atomic E-state index is 0.109. The van der Waals surface area contributed by atoms with Gasteiger partial charge >= 0.3 is 0 Å². The van der Waals surface area contributed by atoms with E-state index in [1.165, 1.54) is 49.8 Å². The van der Waals surface area contributed by atoms with Gasteiger partial charge in [0.2, 0.25) is 5.91 Å². The molecule has 126 valence electrons. The van der Waals surface area contributed by atoms with Crippen LogP contribution >= 0.6 is 0 Å². The van der Waals surface area contributed by atoms with Crippen molar-refractivity contribution in [2.24, 2.45) is 0 Å². The number of fused-ring (bicyclic) bond motifs is 1. The van der Waals surface area contributed by atoms with Crippen LogP contribution in [0, 0.1) is 0 Å². The van der Waals surface area contributed by atoms with Gasteiger partial charge in [0.05, 0.1) is 12.2 Å². The van der Waals surface area contributed by atoms with Crippen LogP contribution in [0.2, 0.25) is 0 Å². The summed E-state index contributed by atoms with van der Waals surface area (Å²) >= 11 is 0. The second-order valence-electron chi connectivity index (χ2n) is 7.51. The van der Waals surface area contributed by atoms with Crippen molar-refractivity contribution in [2.45, 2.75) is 82.3 Å². The first-order chi connectivity index (χ1) is 11.3. The lowest BCUT2D eigenvalue weighted by Crippen LogP contribution is -2.55. The quantitative estimate of drug-likeness (QED) is 0.898. The monoisotopic (exact) mass is 316 g/mol. The number of aromatic nitrogens is 2. The first-order valence-corrected chi connectivity index (χ1v) is 9.38. The lowest BCUT2D eigenvalue weighted by atomic mass is 9.92. The van der Waals surface area contributed by atoms with Crippen molar-refractivity contribution in [3.8, 4) is 0 Å². The van der Waals surface area contributed by atoms with Gasteiger partial charge < -0.3 is 5.32 Å². The smallest absolute Gasteiger partial charge is 0.237 e. The highest BCUT2D eigenvalue weighted by molar-refractivity contribution is 5.82. The third-order valence-corrected chi connectivity index (χ3v) is 6.00. The largest absolute Gasteiger partial charge is 0.352 e. The van der Waals surface area contributed by atoms with Crippen LogP contribution in [0.4, 0.5) is 0 Å². The molecular formula is C18H28N4O. The van der Waals surface area contributed by atoms with Crippen molar-refractivity contribution >= 4 is 5.91 Å². The summed E-state index contributed by atoms with van der Waals surface area (Å²) in [5.74, 6) is 0.272. The molecule has 1 aromatic heterocycles. The molecule has 5 nitrogen and oxygen atoms in total. The Morgan fingerprint density at radius 3 is 2.87 bits per heavy atom. The maximum atomic E-state index is 12.9. The Morgan fingerprint density at radius 2 is 2.00 bits per heavy atom. The van der Waals surface area contributed by atoms with E-state index in [1.54, 1.807) is 0 Å². The summed E-state index contributed by atoms with van der Waals surface area (Å²) in [4.78, 5) is 15.4. The molecule has 2 aliphatic carbocycles. The summed E-state index contributed by atoms with van der Waals surface area (Å²) in [6, 6.07) is 1.04. The maximum absolute atomic E-state index is 12.9. The summed E-state index contributed by atoms with van der Waals surface area (Å²) in [7, 11) is 0. The Hall–Kier alpha value is -1.36. The van der Waals surface area contributed by atoms with E-state index >= 15 is 0 Å². The number of carbonyl (C=O) groups is 1. The molecule has 1 amide bonds. The summed E-state index contributed by atoms with van der Waals surface area (Å²) in [5, 5.41) is 10.5. The van der Waals surface area contributed by atoms with E-state index in [-0.39, 0.29) is 18.0 Å². The van der Waals surface area contributed by atoms with Crippen LogP contribution in [0.5, 0.6) is 0 Å². The van der Waals surface area contributed by atoms with E-state index in [0.29, 0.717) is 6.04 Å². The molecule has 0 spiro atoms. The maximum Gasteiger partial charge on any atom is 0.237 e. The van der Waals surface area contributed by atoms with Gasteiger partial charge in [0, 0.05) is 17.8 Å². The molecule has 2 N–H and O–H groups in total. The number of aromatic amines is 1. The van der Waals surface area contributed by atoms with Gasteiger partial charge in [0.25, 0.3) is 0 Å². The van der Waals surface area contributed by atoms with Gasteiger partial charge in [0.15, 0.2) is 0 Å². The summed E-state index contributed by atoms with van der Waals surface area (Å²) in [6.45, 7) is 1.11. The average Bonchev–Trinajstić information content (AvgIpc) is 3.26. The van der Waals surface area contributed by atoms with Gasteiger partial charge in [-0.25, -0.2) is 0 Å². The van der Waals surface area contributed by atoms with E-state index in [4.69, 9.17) is 0 Å². The normalized spacial score (nSPS) is 29.4. The molecule has 2 fully saturated rings. The highest BCUT2D eigenvalue weighted by Gasteiger charge is 2.35. The van der Waals surface area contributed by atoms with Crippen LogP contribution in [0.15, 0.2) is 6.20 Å². The fraction of sp³-hybridized carbons (Fsp3) is 0.778. The first-order valence-electron chi connectivity index (χ1n) is 9.38. The fourth-order valence-corrected chi connectivity index (χ4v) is 4.75.